The average molecular weight is 616 g/mol. The van der Waals surface area contributed by atoms with Crippen LogP contribution in [0.3, 0.4) is 0 Å². The van der Waals surface area contributed by atoms with Crippen molar-refractivity contribution in [2.45, 2.75) is 38.4 Å². The highest BCUT2D eigenvalue weighted by Crippen LogP contribution is 2.29. The summed E-state index contributed by atoms with van der Waals surface area (Å²) in [6.45, 7) is 3.41. The summed E-state index contributed by atoms with van der Waals surface area (Å²) in [5.74, 6) is -0.986. The molecule has 0 aromatic heterocycles. The maximum atomic E-state index is 12.8. The van der Waals surface area contributed by atoms with Gasteiger partial charge in [0.1, 0.15) is 12.1 Å². The Labute approximate surface area is 248 Å². The number of aldehydes is 1. The molecule has 0 radical (unpaired) electrons. The van der Waals surface area contributed by atoms with Gasteiger partial charge in [-0.3, -0.25) is 9.59 Å². The largest absolute Gasteiger partial charge is 0.488 e. The molecular formula is C27H41BF4N6O5. The number of rotatable bonds is 13. The lowest BCUT2D eigenvalue weighted by Crippen LogP contribution is -2.43. The van der Waals surface area contributed by atoms with E-state index in [1.54, 1.807) is 11.9 Å². The molecule has 240 valence electrons. The Kier molecular flexibility index (Phi) is 19.4. The first-order valence-corrected chi connectivity index (χ1v) is 13.4. The maximum Gasteiger partial charge on any atom is 0.488 e. The van der Waals surface area contributed by atoms with Gasteiger partial charge in [-0.1, -0.05) is 25.1 Å². The summed E-state index contributed by atoms with van der Waals surface area (Å²) in [5, 5.41) is 22.4. The van der Waals surface area contributed by atoms with E-state index in [0.717, 1.165) is 24.1 Å². The Morgan fingerprint density at radius 2 is 1.65 bits per heavy atom. The van der Waals surface area contributed by atoms with Crippen molar-refractivity contribution in [3.63, 3.8) is 0 Å². The fraction of sp³-hybridized carbons (Fsp3) is 0.444. The van der Waals surface area contributed by atoms with Crippen molar-refractivity contribution in [1.29, 1.82) is 0 Å². The van der Waals surface area contributed by atoms with Crippen molar-refractivity contribution < 1.29 is 42.0 Å². The van der Waals surface area contributed by atoms with Crippen LogP contribution < -0.4 is 33.3 Å². The number of anilines is 1. The number of hydrogen-bond acceptors (Lipinski definition) is 9. The quantitative estimate of drug-likeness (QED) is 0.0918. The van der Waals surface area contributed by atoms with Gasteiger partial charge in [-0.05, 0) is 48.1 Å². The van der Waals surface area contributed by atoms with E-state index in [2.05, 4.69) is 10.6 Å². The Hall–Kier alpha value is -3.57. The number of benzene rings is 2. The number of carbonyl (C=O) groups is 3. The summed E-state index contributed by atoms with van der Waals surface area (Å²) in [7, 11) is 0.00377. The van der Waals surface area contributed by atoms with Crippen molar-refractivity contribution in [2.75, 3.05) is 45.1 Å². The van der Waals surface area contributed by atoms with Gasteiger partial charge >= 0.3 is 13.3 Å². The molecule has 0 heterocycles. The molecule has 10 N–H and O–H groups in total. The molecule has 0 saturated carbocycles. The first-order valence-electron chi connectivity index (χ1n) is 13.4. The molecule has 1 atom stereocenters. The first kappa shape index (κ1) is 39.4. The van der Waals surface area contributed by atoms with E-state index in [1.807, 2.05) is 6.92 Å². The van der Waals surface area contributed by atoms with Crippen molar-refractivity contribution in [1.82, 2.24) is 10.2 Å². The predicted molar refractivity (Wildman–Crippen MR) is 158 cm³/mol. The zero-order chi connectivity index (χ0) is 33.0. The molecule has 1 unspecified atom stereocenters. The Balaban J connectivity index is 0.000000640. The van der Waals surface area contributed by atoms with Gasteiger partial charge in [-0.2, -0.15) is 13.2 Å². The molecule has 2 aromatic carbocycles. The minimum atomic E-state index is -4.22. The number of nitrogens with zero attached hydrogens (tertiary/aromatic N) is 1. The molecule has 0 fully saturated rings. The lowest BCUT2D eigenvalue weighted by Gasteiger charge is -2.21. The van der Waals surface area contributed by atoms with E-state index in [1.165, 1.54) is 30.3 Å². The smallest absolute Gasteiger partial charge is 0.423 e. The van der Waals surface area contributed by atoms with Crippen LogP contribution in [0.2, 0.25) is 0 Å². The fourth-order valence-corrected chi connectivity index (χ4v) is 3.34. The number of nitrogens with two attached hydrogens (primary N) is 3. The minimum absolute atomic E-state index is 0.0764. The maximum absolute atomic E-state index is 12.8. The third-order valence-corrected chi connectivity index (χ3v) is 5.76. The molecule has 0 aliphatic carbocycles. The third-order valence-electron chi connectivity index (χ3n) is 5.76. The normalized spacial score (nSPS) is 11.1. The van der Waals surface area contributed by atoms with Gasteiger partial charge in [0.2, 0.25) is 11.8 Å². The van der Waals surface area contributed by atoms with Crippen LogP contribution in [0.5, 0.6) is 0 Å². The fourth-order valence-electron chi connectivity index (χ4n) is 3.34. The summed E-state index contributed by atoms with van der Waals surface area (Å²) in [6, 6.07) is 8.27. The summed E-state index contributed by atoms with van der Waals surface area (Å²) in [6.07, 6.45) is -2.52. The number of aryl methyl sites for hydroxylation is 1. The van der Waals surface area contributed by atoms with Gasteiger partial charge in [-0.15, -0.1) is 0 Å². The number of nitrogens with one attached hydrogen (secondary N) is 2. The number of amides is 2. The monoisotopic (exact) mass is 616 g/mol. The summed E-state index contributed by atoms with van der Waals surface area (Å²) in [4.78, 5) is 34.9. The molecule has 2 aromatic rings. The SMILES string of the molecule is CCc1ccc(C(F)(F)F)cc1.CNc1cc(B(O)O)ccc1F.NCCN(CCN)C(=O)CCC(N)C(=O)NCC=O. The molecule has 2 amide bonds. The van der Waals surface area contributed by atoms with Gasteiger partial charge in [0, 0.05) is 39.6 Å². The van der Waals surface area contributed by atoms with Crippen LogP contribution in [0.1, 0.15) is 30.9 Å². The van der Waals surface area contributed by atoms with Crippen LogP contribution >= 0.6 is 0 Å². The van der Waals surface area contributed by atoms with E-state index < -0.39 is 36.6 Å². The van der Waals surface area contributed by atoms with Crippen LogP contribution in [0.25, 0.3) is 0 Å². The average Bonchev–Trinajstić information content (AvgIpc) is 2.98. The van der Waals surface area contributed by atoms with Crippen molar-refractivity contribution >= 4 is 36.4 Å². The lowest BCUT2D eigenvalue weighted by molar-refractivity contribution is -0.137. The van der Waals surface area contributed by atoms with Crippen molar-refractivity contribution in [2.24, 2.45) is 17.2 Å². The van der Waals surface area contributed by atoms with Crippen LogP contribution in [-0.2, 0) is 27.0 Å². The predicted octanol–water partition coefficient (Wildman–Crippen LogP) is -0.0300. The number of carbonyl (C=O) groups excluding carboxylic acids is 3. The van der Waals surface area contributed by atoms with Gasteiger partial charge in [-0.25, -0.2) is 4.39 Å². The van der Waals surface area contributed by atoms with Crippen molar-refractivity contribution in [3.05, 3.63) is 59.4 Å². The Morgan fingerprint density at radius 3 is 2.09 bits per heavy atom. The second-order valence-electron chi connectivity index (χ2n) is 8.93. The summed E-state index contributed by atoms with van der Waals surface area (Å²) < 4.78 is 48.9. The highest BCUT2D eigenvalue weighted by atomic mass is 19.4. The van der Waals surface area contributed by atoms with Gasteiger partial charge in [0.25, 0.3) is 0 Å². The van der Waals surface area contributed by atoms with E-state index >= 15 is 0 Å². The first-order chi connectivity index (χ1) is 20.2. The molecule has 16 heteroatoms. The molecule has 0 aliphatic heterocycles. The van der Waals surface area contributed by atoms with E-state index in [9.17, 15) is 31.9 Å². The third kappa shape index (κ3) is 16.0. The van der Waals surface area contributed by atoms with E-state index in [4.69, 9.17) is 27.2 Å². The highest BCUT2D eigenvalue weighted by molar-refractivity contribution is 6.58. The molecule has 0 saturated heterocycles. The molecule has 0 bridgehead atoms. The van der Waals surface area contributed by atoms with Crippen LogP contribution in [0.4, 0.5) is 23.2 Å². The van der Waals surface area contributed by atoms with Gasteiger partial charge in [0.15, 0.2) is 0 Å². The second kappa shape index (κ2) is 21.2. The van der Waals surface area contributed by atoms with E-state index in [-0.39, 0.29) is 36.4 Å². The van der Waals surface area contributed by atoms with Gasteiger partial charge < -0.3 is 47.6 Å². The van der Waals surface area contributed by atoms with Crippen LogP contribution in [-0.4, -0.2) is 86.0 Å². The summed E-state index contributed by atoms with van der Waals surface area (Å²) in [5.41, 5.74) is 17.3. The molecule has 43 heavy (non-hydrogen) atoms. The Bertz CT molecular complexity index is 1100. The Morgan fingerprint density at radius 1 is 1.07 bits per heavy atom. The lowest BCUT2D eigenvalue weighted by atomic mass is 9.80. The summed E-state index contributed by atoms with van der Waals surface area (Å²) >= 11 is 0. The highest BCUT2D eigenvalue weighted by Gasteiger charge is 2.29. The molecule has 0 spiro atoms. The number of hydrogen-bond donors (Lipinski definition) is 7. The van der Waals surface area contributed by atoms with Crippen LogP contribution in [0.15, 0.2) is 42.5 Å². The second-order valence-corrected chi connectivity index (χ2v) is 8.93. The zero-order valence-electron chi connectivity index (χ0n) is 24.2. The van der Waals surface area contributed by atoms with Gasteiger partial charge in [0.05, 0.1) is 23.8 Å². The van der Waals surface area contributed by atoms with Crippen molar-refractivity contribution in [3.8, 4) is 0 Å². The zero-order valence-corrected chi connectivity index (χ0v) is 24.2. The topological polar surface area (TPSA) is 197 Å². The van der Waals surface area contributed by atoms with E-state index in [0.29, 0.717) is 32.5 Å². The van der Waals surface area contributed by atoms with Crippen LogP contribution in [0, 0.1) is 5.82 Å². The molecular weight excluding hydrogens is 575 g/mol. The number of alkyl halides is 3. The number of halogens is 4. The molecule has 11 nitrogen and oxygen atoms in total. The molecule has 0 aliphatic rings. The minimum Gasteiger partial charge on any atom is -0.423 e. The standard InChI is InChI=1S/C11H23N5O3.C9H9F3.C7H9BFNO2/c12-3-6-16(7-4-13)10(18)2-1-9(14)11(19)15-5-8-17;1-2-7-3-5-8(6-4-7)9(10,11)12;1-10-7-4-5(8(11)12)2-3-6(7)9/h8-9H,1-7,12-14H2,(H,15,19);3-6H,2H2,1H3;2-4,10-12H,1H3. The molecule has 2 rings (SSSR count).